The SMILES string of the molecule is CCc1occc1C(=O)Cc1cccc(Br)c1. The monoisotopic (exact) mass is 292 g/mol. The van der Waals surface area contributed by atoms with Crippen LogP contribution in [0.1, 0.15) is 28.6 Å². The first-order valence-corrected chi connectivity index (χ1v) is 6.34. The number of carbonyl (C=O) groups is 1. The van der Waals surface area contributed by atoms with Gasteiger partial charge in [-0.05, 0) is 23.8 Å². The van der Waals surface area contributed by atoms with E-state index in [1.807, 2.05) is 31.2 Å². The van der Waals surface area contributed by atoms with E-state index in [0.717, 1.165) is 22.2 Å². The van der Waals surface area contributed by atoms with Crippen molar-refractivity contribution in [3.05, 3.63) is 58.0 Å². The number of ketones is 1. The molecule has 0 fully saturated rings. The second-order valence-electron chi connectivity index (χ2n) is 3.84. The number of hydrogen-bond donors (Lipinski definition) is 0. The van der Waals surface area contributed by atoms with Crippen LogP contribution >= 0.6 is 15.9 Å². The lowest BCUT2D eigenvalue weighted by molar-refractivity contribution is 0.0991. The molecule has 0 aliphatic heterocycles. The molecule has 0 aliphatic rings. The van der Waals surface area contributed by atoms with E-state index in [9.17, 15) is 4.79 Å². The molecule has 1 aromatic carbocycles. The van der Waals surface area contributed by atoms with Gasteiger partial charge < -0.3 is 4.42 Å². The molecule has 2 nitrogen and oxygen atoms in total. The number of rotatable bonds is 4. The fourth-order valence-corrected chi connectivity index (χ4v) is 2.24. The van der Waals surface area contributed by atoms with Crippen molar-refractivity contribution in [1.82, 2.24) is 0 Å². The first kappa shape index (κ1) is 12.1. The van der Waals surface area contributed by atoms with E-state index >= 15 is 0 Å². The van der Waals surface area contributed by atoms with Gasteiger partial charge in [-0.25, -0.2) is 0 Å². The maximum absolute atomic E-state index is 12.1. The number of aryl methyl sites for hydroxylation is 1. The number of furan rings is 1. The Morgan fingerprint density at radius 1 is 1.35 bits per heavy atom. The summed E-state index contributed by atoms with van der Waals surface area (Å²) >= 11 is 3.40. The Balaban J connectivity index is 2.17. The Bertz CT molecular complexity index is 529. The van der Waals surface area contributed by atoms with Crippen LogP contribution in [0, 0.1) is 0 Å². The lowest BCUT2D eigenvalue weighted by Gasteiger charge is -2.01. The zero-order valence-electron chi connectivity index (χ0n) is 9.57. The molecule has 0 atom stereocenters. The predicted octanol–water partition coefficient (Wildman–Crippen LogP) is 4.03. The van der Waals surface area contributed by atoms with E-state index in [2.05, 4.69) is 15.9 Å². The quantitative estimate of drug-likeness (QED) is 0.797. The molecule has 1 aromatic heterocycles. The minimum absolute atomic E-state index is 0.105. The molecule has 0 saturated carbocycles. The van der Waals surface area contributed by atoms with Crippen molar-refractivity contribution in [1.29, 1.82) is 0 Å². The van der Waals surface area contributed by atoms with Gasteiger partial charge in [-0.15, -0.1) is 0 Å². The van der Waals surface area contributed by atoms with Crippen LogP contribution in [0.25, 0.3) is 0 Å². The van der Waals surface area contributed by atoms with Crippen molar-refractivity contribution in [2.24, 2.45) is 0 Å². The fourth-order valence-electron chi connectivity index (χ4n) is 1.79. The molecule has 0 saturated heterocycles. The van der Waals surface area contributed by atoms with E-state index in [0.29, 0.717) is 12.0 Å². The summed E-state index contributed by atoms with van der Waals surface area (Å²) in [6.45, 7) is 1.98. The highest BCUT2D eigenvalue weighted by molar-refractivity contribution is 9.10. The molecule has 0 bridgehead atoms. The molecule has 88 valence electrons. The van der Waals surface area contributed by atoms with E-state index in [-0.39, 0.29) is 5.78 Å². The molecule has 0 aliphatic carbocycles. The molecule has 0 amide bonds. The van der Waals surface area contributed by atoms with Gasteiger partial charge in [0.05, 0.1) is 11.8 Å². The minimum atomic E-state index is 0.105. The summed E-state index contributed by atoms with van der Waals surface area (Å²) in [6, 6.07) is 9.54. The van der Waals surface area contributed by atoms with Crippen LogP contribution in [-0.2, 0) is 12.8 Å². The average molecular weight is 293 g/mol. The van der Waals surface area contributed by atoms with Gasteiger partial charge in [0.2, 0.25) is 0 Å². The second-order valence-corrected chi connectivity index (χ2v) is 4.76. The third-order valence-corrected chi connectivity index (χ3v) is 3.11. The first-order valence-electron chi connectivity index (χ1n) is 5.54. The molecular weight excluding hydrogens is 280 g/mol. The summed E-state index contributed by atoms with van der Waals surface area (Å²) in [6.07, 6.45) is 2.73. The maximum Gasteiger partial charge on any atom is 0.170 e. The van der Waals surface area contributed by atoms with Gasteiger partial charge in [-0.2, -0.15) is 0 Å². The van der Waals surface area contributed by atoms with Gasteiger partial charge in [0.25, 0.3) is 0 Å². The Hall–Kier alpha value is -1.35. The molecule has 17 heavy (non-hydrogen) atoms. The van der Waals surface area contributed by atoms with Crippen LogP contribution in [0.5, 0.6) is 0 Å². The second kappa shape index (κ2) is 5.32. The number of halogens is 1. The maximum atomic E-state index is 12.1. The Kier molecular flexibility index (Phi) is 3.79. The van der Waals surface area contributed by atoms with Crippen molar-refractivity contribution >= 4 is 21.7 Å². The third-order valence-electron chi connectivity index (χ3n) is 2.62. The number of benzene rings is 1. The highest BCUT2D eigenvalue weighted by atomic mass is 79.9. The van der Waals surface area contributed by atoms with E-state index < -0.39 is 0 Å². The predicted molar refractivity (Wildman–Crippen MR) is 70.3 cm³/mol. The first-order chi connectivity index (χ1) is 8.20. The molecule has 0 spiro atoms. The number of Topliss-reactive ketones (excluding diaryl/α,β-unsaturated/α-hetero) is 1. The lowest BCUT2D eigenvalue weighted by Crippen LogP contribution is -2.04. The molecule has 1 heterocycles. The zero-order chi connectivity index (χ0) is 12.3. The summed E-state index contributed by atoms with van der Waals surface area (Å²) in [5.41, 5.74) is 1.71. The summed E-state index contributed by atoms with van der Waals surface area (Å²) in [4.78, 5) is 12.1. The molecule has 0 radical (unpaired) electrons. The van der Waals surface area contributed by atoms with Gasteiger partial charge in [0, 0.05) is 17.3 Å². The van der Waals surface area contributed by atoms with E-state index in [1.165, 1.54) is 0 Å². The normalized spacial score (nSPS) is 10.5. The van der Waals surface area contributed by atoms with Gasteiger partial charge in [0.1, 0.15) is 5.76 Å². The smallest absolute Gasteiger partial charge is 0.170 e. The van der Waals surface area contributed by atoms with Crippen molar-refractivity contribution in [3.8, 4) is 0 Å². The Morgan fingerprint density at radius 2 is 2.18 bits per heavy atom. The minimum Gasteiger partial charge on any atom is -0.469 e. The lowest BCUT2D eigenvalue weighted by atomic mass is 10.0. The molecule has 3 heteroatoms. The molecular formula is C14H13BrO2. The van der Waals surface area contributed by atoms with Crippen LogP contribution in [0.4, 0.5) is 0 Å². The molecule has 0 unspecified atom stereocenters. The highest BCUT2D eigenvalue weighted by Crippen LogP contribution is 2.17. The largest absolute Gasteiger partial charge is 0.469 e. The van der Waals surface area contributed by atoms with Gasteiger partial charge in [0.15, 0.2) is 5.78 Å². The topological polar surface area (TPSA) is 30.2 Å². The zero-order valence-corrected chi connectivity index (χ0v) is 11.2. The molecule has 0 N–H and O–H groups in total. The third kappa shape index (κ3) is 2.86. The Morgan fingerprint density at radius 3 is 2.88 bits per heavy atom. The van der Waals surface area contributed by atoms with Crippen molar-refractivity contribution < 1.29 is 9.21 Å². The summed E-state index contributed by atoms with van der Waals surface area (Å²) in [7, 11) is 0. The summed E-state index contributed by atoms with van der Waals surface area (Å²) < 4.78 is 6.26. The molecule has 2 rings (SSSR count). The van der Waals surface area contributed by atoms with Crippen LogP contribution in [0.15, 0.2) is 45.5 Å². The van der Waals surface area contributed by atoms with Gasteiger partial charge in [-0.3, -0.25) is 4.79 Å². The van der Waals surface area contributed by atoms with Crippen molar-refractivity contribution in [2.75, 3.05) is 0 Å². The van der Waals surface area contributed by atoms with Crippen LogP contribution < -0.4 is 0 Å². The standard InChI is InChI=1S/C14H13BrO2/c1-2-14-12(6-7-17-14)13(16)9-10-4-3-5-11(15)8-10/h3-8H,2,9H2,1H3. The summed E-state index contributed by atoms with van der Waals surface area (Å²) in [5, 5.41) is 0. The fraction of sp³-hybridized carbons (Fsp3) is 0.214. The number of carbonyl (C=O) groups excluding carboxylic acids is 1. The van der Waals surface area contributed by atoms with Crippen molar-refractivity contribution in [2.45, 2.75) is 19.8 Å². The van der Waals surface area contributed by atoms with Gasteiger partial charge >= 0.3 is 0 Å². The van der Waals surface area contributed by atoms with Crippen LogP contribution in [-0.4, -0.2) is 5.78 Å². The van der Waals surface area contributed by atoms with Crippen LogP contribution in [0.3, 0.4) is 0 Å². The Labute approximate surface area is 109 Å². The van der Waals surface area contributed by atoms with E-state index in [4.69, 9.17) is 4.42 Å². The van der Waals surface area contributed by atoms with E-state index in [1.54, 1.807) is 12.3 Å². The average Bonchev–Trinajstić information content (AvgIpc) is 2.77. The summed E-state index contributed by atoms with van der Waals surface area (Å²) in [5.74, 6) is 0.874. The molecule has 2 aromatic rings. The highest BCUT2D eigenvalue weighted by Gasteiger charge is 2.13. The number of hydrogen-bond acceptors (Lipinski definition) is 2. The van der Waals surface area contributed by atoms with Crippen molar-refractivity contribution in [3.63, 3.8) is 0 Å². The van der Waals surface area contributed by atoms with Crippen LogP contribution in [0.2, 0.25) is 0 Å². The van der Waals surface area contributed by atoms with Gasteiger partial charge in [-0.1, -0.05) is 35.0 Å².